The number of hydrogen-bond donors (Lipinski definition) is 4. The van der Waals surface area contributed by atoms with Gasteiger partial charge in [0.25, 0.3) is 0 Å². The third-order valence-electron chi connectivity index (χ3n) is 3.64. The van der Waals surface area contributed by atoms with Crippen LogP contribution in [0.5, 0.6) is 0 Å². The lowest BCUT2D eigenvalue weighted by Crippen LogP contribution is -2.21. The minimum atomic E-state index is -1.78. The van der Waals surface area contributed by atoms with E-state index in [0.717, 1.165) is 36.4 Å². The van der Waals surface area contributed by atoms with Crippen LogP contribution < -0.4 is 0 Å². The highest BCUT2D eigenvalue weighted by Crippen LogP contribution is 2.20. The molecule has 0 radical (unpaired) electrons. The normalized spacial score (nSPS) is 9.73. The Balaban J connectivity index is 0.00000450. The number of halogens is 1. The fourth-order valence-corrected chi connectivity index (χ4v) is 2.46. The topological polar surface area (TPSA) is 193 Å². The number of carboxylic acid groups (broad SMARTS) is 4. The zero-order valence-electron chi connectivity index (χ0n) is 14.5. The highest BCUT2D eigenvalue weighted by atomic mass is 35.5. The van der Waals surface area contributed by atoms with E-state index in [1.54, 1.807) is 0 Å². The number of benzene rings is 2. The van der Waals surface area contributed by atoms with Gasteiger partial charge in [-0.2, -0.15) is 0 Å². The second-order valence-corrected chi connectivity index (χ2v) is 5.35. The maximum atomic E-state index is 12.3. The van der Waals surface area contributed by atoms with Gasteiger partial charge in [-0.05, 0) is 24.3 Å². The molecule has 30 heavy (non-hydrogen) atoms. The highest BCUT2D eigenvalue weighted by Gasteiger charge is 2.29. The van der Waals surface area contributed by atoms with E-state index in [2.05, 4.69) is 4.74 Å². The van der Waals surface area contributed by atoms with Gasteiger partial charge in [0.15, 0.2) is 0 Å². The van der Waals surface area contributed by atoms with Gasteiger partial charge in [-0.1, -0.05) is 12.1 Å². The van der Waals surface area contributed by atoms with Crippen molar-refractivity contribution in [3.05, 3.63) is 69.8 Å². The van der Waals surface area contributed by atoms with E-state index in [-0.39, 0.29) is 12.4 Å². The number of ether oxygens (including phenoxy) is 1. The molecule has 0 aliphatic carbocycles. The van der Waals surface area contributed by atoms with Gasteiger partial charge in [0.05, 0.1) is 33.4 Å². The van der Waals surface area contributed by atoms with Crippen molar-refractivity contribution in [2.45, 2.75) is 0 Å². The molecule has 0 heterocycles. The summed E-state index contributed by atoms with van der Waals surface area (Å²) in [6, 6.07) is 5.73. The summed E-state index contributed by atoms with van der Waals surface area (Å²) >= 11 is 0. The minimum Gasteiger partial charge on any atom is -0.478 e. The highest BCUT2D eigenvalue weighted by molar-refractivity contribution is 6.14. The predicted octanol–water partition coefficient (Wildman–Crippen LogP) is 1.90. The fraction of sp³-hybridized carbons (Fsp3) is 0. The van der Waals surface area contributed by atoms with E-state index < -0.39 is 69.2 Å². The molecule has 0 aliphatic rings. The third kappa shape index (κ3) is 4.59. The Hall–Kier alpha value is -4.25. The molecule has 2 aromatic carbocycles. The molecule has 0 saturated heterocycles. The standard InChI is InChI=1S/C18H10O11.ClH/c19-13(20)7-3-1-5-9(11(7)15(23)24)17(27)29-18(28)10-6-2-4-8(14(21)22)12(10)16(25)26;/h1-6H,(H,19,20)(H,21,22)(H,23,24)(H,25,26);1H. The molecule has 11 nitrogen and oxygen atoms in total. The molecule has 0 fully saturated rings. The van der Waals surface area contributed by atoms with E-state index in [1.807, 2.05) is 0 Å². The van der Waals surface area contributed by atoms with Crippen molar-refractivity contribution in [1.29, 1.82) is 0 Å². The lowest BCUT2D eigenvalue weighted by atomic mass is 10.00. The number of carbonyl (C=O) groups is 6. The monoisotopic (exact) mass is 438 g/mol. The molecule has 12 heteroatoms. The maximum absolute atomic E-state index is 12.3. The molecular weight excluding hydrogens is 428 g/mol. The summed E-state index contributed by atoms with van der Waals surface area (Å²) in [6.45, 7) is 0. The summed E-state index contributed by atoms with van der Waals surface area (Å²) in [5, 5.41) is 36.5. The van der Waals surface area contributed by atoms with Crippen LogP contribution in [0.4, 0.5) is 0 Å². The van der Waals surface area contributed by atoms with Gasteiger partial charge in [-0.15, -0.1) is 12.4 Å². The summed E-state index contributed by atoms with van der Waals surface area (Å²) in [4.78, 5) is 69.6. The van der Waals surface area contributed by atoms with Gasteiger partial charge in [0.2, 0.25) is 0 Å². The van der Waals surface area contributed by atoms with Crippen LogP contribution in [0.3, 0.4) is 0 Å². The molecular formula is C18H11ClO11. The molecule has 0 spiro atoms. The second kappa shape index (κ2) is 9.30. The van der Waals surface area contributed by atoms with Gasteiger partial charge in [0, 0.05) is 0 Å². The van der Waals surface area contributed by atoms with E-state index in [0.29, 0.717) is 0 Å². The van der Waals surface area contributed by atoms with Crippen molar-refractivity contribution in [2.75, 3.05) is 0 Å². The van der Waals surface area contributed by atoms with Gasteiger partial charge in [-0.25, -0.2) is 28.8 Å². The Kier molecular flexibility index (Phi) is 7.37. The van der Waals surface area contributed by atoms with Gasteiger partial charge in [-0.3, -0.25) is 0 Å². The van der Waals surface area contributed by atoms with Gasteiger partial charge in [0.1, 0.15) is 0 Å². The maximum Gasteiger partial charge on any atom is 0.346 e. The van der Waals surface area contributed by atoms with Crippen molar-refractivity contribution in [3.63, 3.8) is 0 Å². The SMILES string of the molecule is Cl.O=C(O)c1cccc(C(=O)OC(=O)c2cccc(C(=O)O)c2C(=O)O)c1C(=O)O. The number of carboxylic acids is 4. The lowest BCUT2D eigenvalue weighted by Gasteiger charge is -2.10. The molecule has 2 rings (SSSR count). The number of aromatic carboxylic acids is 4. The zero-order valence-corrected chi connectivity index (χ0v) is 15.3. The first kappa shape index (κ1) is 23.8. The van der Waals surface area contributed by atoms with Crippen molar-refractivity contribution in [1.82, 2.24) is 0 Å². The molecule has 0 aliphatic heterocycles. The first-order valence-electron chi connectivity index (χ1n) is 7.52. The van der Waals surface area contributed by atoms with E-state index >= 15 is 0 Å². The Labute approximate surface area is 172 Å². The molecule has 0 saturated carbocycles. The van der Waals surface area contributed by atoms with Crippen molar-refractivity contribution in [2.24, 2.45) is 0 Å². The summed E-state index contributed by atoms with van der Waals surface area (Å²) in [5.41, 5.74) is -4.88. The van der Waals surface area contributed by atoms with E-state index in [9.17, 15) is 39.0 Å². The molecule has 0 bridgehead atoms. The third-order valence-corrected chi connectivity index (χ3v) is 3.64. The average Bonchev–Trinajstić information content (AvgIpc) is 2.66. The summed E-state index contributed by atoms with van der Waals surface area (Å²) in [7, 11) is 0. The number of rotatable bonds is 6. The van der Waals surface area contributed by atoms with Crippen LogP contribution in [0.15, 0.2) is 36.4 Å². The van der Waals surface area contributed by atoms with E-state index in [1.165, 1.54) is 0 Å². The minimum absolute atomic E-state index is 0. The zero-order chi connectivity index (χ0) is 21.9. The smallest absolute Gasteiger partial charge is 0.346 e. The Morgan fingerprint density at radius 2 is 0.833 bits per heavy atom. The first-order valence-corrected chi connectivity index (χ1v) is 7.52. The average molecular weight is 439 g/mol. The Morgan fingerprint density at radius 3 is 1.10 bits per heavy atom. The Bertz CT molecular complexity index is 1000. The van der Waals surface area contributed by atoms with Crippen LogP contribution in [0.1, 0.15) is 62.1 Å². The van der Waals surface area contributed by atoms with Crippen molar-refractivity contribution < 1.29 is 53.9 Å². The number of hydrogen-bond acceptors (Lipinski definition) is 7. The van der Waals surface area contributed by atoms with Crippen LogP contribution in [-0.4, -0.2) is 56.2 Å². The van der Waals surface area contributed by atoms with Crippen LogP contribution in [0, 0.1) is 0 Å². The predicted molar refractivity (Wildman–Crippen MR) is 97.7 cm³/mol. The molecule has 0 atom stereocenters. The van der Waals surface area contributed by atoms with Crippen molar-refractivity contribution >= 4 is 48.2 Å². The van der Waals surface area contributed by atoms with Crippen LogP contribution >= 0.6 is 12.4 Å². The largest absolute Gasteiger partial charge is 0.478 e. The summed E-state index contributed by atoms with van der Waals surface area (Å²) in [6.07, 6.45) is 0. The second-order valence-electron chi connectivity index (χ2n) is 5.35. The van der Waals surface area contributed by atoms with Gasteiger partial charge < -0.3 is 25.2 Å². The van der Waals surface area contributed by atoms with Crippen molar-refractivity contribution in [3.8, 4) is 0 Å². The first-order chi connectivity index (χ1) is 13.6. The summed E-state index contributed by atoms with van der Waals surface area (Å²) in [5.74, 6) is -9.97. The lowest BCUT2D eigenvalue weighted by molar-refractivity contribution is 0.0386. The molecule has 0 amide bonds. The molecule has 0 aromatic heterocycles. The molecule has 156 valence electrons. The van der Waals surface area contributed by atoms with Crippen LogP contribution in [0.2, 0.25) is 0 Å². The van der Waals surface area contributed by atoms with Crippen LogP contribution in [0.25, 0.3) is 0 Å². The van der Waals surface area contributed by atoms with Gasteiger partial charge >= 0.3 is 35.8 Å². The fourth-order valence-electron chi connectivity index (χ4n) is 2.46. The number of carbonyl (C=O) groups excluding carboxylic acids is 2. The quantitative estimate of drug-likeness (QED) is 0.380. The molecule has 2 aromatic rings. The molecule has 4 N–H and O–H groups in total. The van der Waals surface area contributed by atoms with Crippen LogP contribution in [-0.2, 0) is 4.74 Å². The Morgan fingerprint density at radius 1 is 0.533 bits per heavy atom. The number of esters is 2. The summed E-state index contributed by atoms with van der Waals surface area (Å²) < 4.78 is 4.48. The van der Waals surface area contributed by atoms with E-state index in [4.69, 9.17) is 10.2 Å². The molecule has 0 unspecified atom stereocenters.